The zero-order valence-electron chi connectivity index (χ0n) is 6.18. The van der Waals surface area contributed by atoms with Crippen LogP contribution in [0.4, 0.5) is 4.79 Å². The fourth-order valence-corrected chi connectivity index (χ4v) is 0.908. The molecule has 2 heterocycles. The fraction of sp³-hybridized carbons (Fsp3) is 0.167. The van der Waals surface area contributed by atoms with Crippen LogP contribution in [0.2, 0.25) is 0 Å². The van der Waals surface area contributed by atoms with E-state index in [0.29, 0.717) is 0 Å². The van der Waals surface area contributed by atoms with E-state index in [-0.39, 0.29) is 16.4 Å². The maximum Gasteiger partial charge on any atom is 0.370 e. The lowest BCUT2D eigenvalue weighted by Crippen LogP contribution is -2.44. The summed E-state index contributed by atoms with van der Waals surface area (Å²) in [6, 6.07) is -0.666. The molecule has 6 heteroatoms. The van der Waals surface area contributed by atoms with Gasteiger partial charge in [-0.2, -0.15) is 9.98 Å². The van der Waals surface area contributed by atoms with E-state index in [4.69, 9.17) is 0 Å². The Morgan fingerprint density at radius 2 is 2.08 bits per heavy atom. The molecule has 0 atom stereocenters. The molecule has 0 aliphatic carbocycles. The van der Waals surface area contributed by atoms with Crippen molar-refractivity contribution in [2.24, 2.45) is 17.0 Å². The lowest BCUT2D eigenvalue weighted by atomic mass is 10.6. The molecule has 0 radical (unpaired) electrons. The van der Waals surface area contributed by atoms with Crippen LogP contribution in [0.3, 0.4) is 0 Å². The Hall–Kier alpha value is -1.85. The van der Waals surface area contributed by atoms with Crippen LogP contribution < -0.4 is 16.4 Å². The highest BCUT2D eigenvalue weighted by atomic mass is 16.2. The van der Waals surface area contributed by atoms with Crippen LogP contribution in [-0.4, -0.2) is 15.6 Å². The number of nitrogens with zero attached hydrogens (tertiary/aromatic N) is 4. The molecule has 1 aromatic rings. The lowest BCUT2D eigenvalue weighted by Gasteiger charge is -1.89. The first kappa shape index (κ1) is 6.84. The fourth-order valence-electron chi connectivity index (χ4n) is 0.908. The van der Waals surface area contributed by atoms with E-state index in [0.717, 1.165) is 0 Å². The summed E-state index contributed by atoms with van der Waals surface area (Å²) in [5, 5.41) is 0.0324. The van der Waals surface area contributed by atoms with Crippen LogP contribution in [0, 0.1) is 0 Å². The number of aromatic nitrogens is 2. The van der Waals surface area contributed by atoms with Gasteiger partial charge in [-0.05, 0) is 0 Å². The molecule has 0 fully saturated rings. The SMILES string of the molecule is Cn1cnc2c(c1=O)=NC(=O)N=2. The third-order valence-corrected chi connectivity index (χ3v) is 1.50. The second-order valence-corrected chi connectivity index (χ2v) is 2.34. The van der Waals surface area contributed by atoms with Crippen LogP contribution in [0.1, 0.15) is 0 Å². The highest BCUT2D eigenvalue weighted by Gasteiger charge is 2.09. The third-order valence-electron chi connectivity index (χ3n) is 1.50. The normalized spacial score (nSPS) is 13.6. The first-order valence-electron chi connectivity index (χ1n) is 3.21. The van der Waals surface area contributed by atoms with E-state index in [1.54, 1.807) is 0 Å². The van der Waals surface area contributed by atoms with Crippen LogP contribution >= 0.6 is 0 Å². The third kappa shape index (κ3) is 0.777. The maximum absolute atomic E-state index is 11.2. The molecular weight excluding hydrogens is 160 g/mol. The molecule has 0 bridgehead atoms. The van der Waals surface area contributed by atoms with E-state index in [2.05, 4.69) is 15.0 Å². The molecule has 1 aromatic heterocycles. The second kappa shape index (κ2) is 2.07. The number of urea groups is 1. The van der Waals surface area contributed by atoms with Crippen LogP contribution in [0.25, 0.3) is 0 Å². The topological polar surface area (TPSA) is 76.7 Å². The van der Waals surface area contributed by atoms with E-state index >= 15 is 0 Å². The number of fused-ring (bicyclic) bond motifs is 1. The van der Waals surface area contributed by atoms with Gasteiger partial charge in [0.2, 0.25) is 0 Å². The summed E-state index contributed by atoms with van der Waals surface area (Å²) < 4.78 is 1.25. The Balaban J connectivity index is 3.07. The Bertz CT molecular complexity index is 527. The monoisotopic (exact) mass is 164 g/mol. The summed E-state index contributed by atoms with van der Waals surface area (Å²) in [4.78, 5) is 32.5. The smallest absolute Gasteiger partial charge is 0.300 e. The van der Waals surface area contributed by atoms with Gasteiger partial charge in [0.25, 0.3) is 5.56 Å². The van der Waals surface area contributed by atoms with Gasteiger partial charge in [-0.1, -0.05) is 0 Å². The number of rotatable bonds is 0. The lowest BCUT2D eigenvalue weighted by molar-refractivity contribution is 0.256. The molecule has 0 N–H and O–H groups in total. The maximum atomic E-state index is 11.2. The zero-order valence-corrected chi connectivity index (χ0v) is 6.18. The zero-order chi connectivity index (χ0) is 8.72. The Morgan fingerprint density at radius 3 is 2.83 bits per heavy atom. The molecule has 1 aliphatic heterocycles. The van der Waals surface area contributed by atoms with Crippen molar-refractivity contribution in [2.45, 2.75) is 0 Å². The molecular formula is C6H4N4O2. The highest BCUT2D eigenvalue weighted by molar-refractivity contribution is 5.77. The number of aryl methyl sites for hydroxylation is 1. The summed E-state index contributed by atoms with van der Waals surface area (Å²) in [6.45, 7) is 0. The van der Waals surface area contributed by atoms with Gasteiger partial charge in [0.05, 0.1) is 6.33 Å². The quantitative estimate of drug-likeness (QED) is 0.451. The van der Waals surface area contributed by atoms with Crippen molar-refractivity contribution in [3.05, 3.63) is 27.5 Å². The Morgan fingerprint density at radius 1 is 1.33 bits per heavy atom. The van der Waals surface area contributed by atoms with Gasteiger partial charge >= 0.3 is 6.03 Å². The molecule has 0 aromatic carbocycles. The van der Waals surface area contributed by atoms with Crippen LogP contribution in [0.5, 0.6) is 0 Å². The minimum absolute atomic E-state index is 0.0324. The van der Waals surface area contributed by atoms with Crippen molar-refractivity contribution < 1.29 is 4.79 Å². The van der Waals surface area contributed by atoms with Gasteiger partial charge in [-0.25, -0.2) is 9.78 Å². The van der Waals surface area contributed by atoms with Crippen molar-refractivity contribution in [1.82, 2.24) is 9.55 Å². The van der Waals surface area contributed by atoms with Gasteiger partial charge in [-0.3, -0.25) is 4.79 Å². The predicted octanol–water partition coefficient (Wildman–Crippen LogP) is -1.85. The van der Waals surface area contributed by atoms with Gasteiger partial charge in [0.15, 0.2) is 10.8 Å². The molecule has 12 heavy (non-hydrogen) atoms. The van der Waals surface area contributed by atoms with Gasteiger partial charge in [0.1, 0.15) is 0 Å². The summed E-state index contributed by atoms with van der Waals surface area (Å²) in [7, 11) is 1.54. The molecule has 60 valence electrons. The summed E-state index contributed by atoms with van der Waals surface area (Å²) in [6.07, 6.45) is 1.30. The first-order valence-corrected chi connectivity index (χ1v) is 3.21. The highest BCUT2D eigenvalue weighted by Crippen LogP contribution is 1.78. The van der Waals surface area contributed by atoms with Crippen LogP contribution in [0.15, 0.2) is 21.1 Å². The minimum atomic E-state index is -0.666. The van der Waals surface area contributed by atoms with Gasteiger partial charge in [0, 0.05) is 7.05 Å². The number of hydrogen-bond donors (Lipinski definition) is 0. The first-order chi connectivity index (χ1) is 5.68. The average molecular weight is 164 g/mol. The van der Waals surface area contributed by atoms with Crippen molar-refractivity contribution in [1.29, 1.82) is 0 Å². The van der Waals surface area contributed by atoms with E-state index in [1.807, 2.05) is 0 Å². The predicted molar refractivity (Wildman–Crippen MR) is 37.2 cm³/mol. The average Bonchev–Trinajstić information content (AvgIpc) is 2.39. The molecule has 2 rings (SSSR count). The van der Waals surface area contributed by atoms with E-state index in [9.17, 15) is 9.59 Å². The van der Waals surface area contributed by atoms with Crippen LogP contribution in [-0.2, 0) is 7.05 Å². The molecule has 0 saturated heterocycles. The largest absolute Gasteiger partial charge is 0.370 e. The Kier molecular flexibility index (Phi) is 1.18. The Labute approximate surface area is 65.9 Å². The standard InChI is InChI=1S/C6H4N4O2/c1-10-2-7-4-3(5(10)11)8-6(12)9-4/h2H,1H3. The van der Waals surface area contributed by atoms with E-state index < -0.39 is 6.03 Å². The summed E-state index contributed by atoms with van der Waals surface area (Å²) in [5.74, 6) is 0. The summed E-state index contributed by atoms with van der Waals surface area (Å²) in [5.41, 5.74) is -0.238. The van der Waals surface area contributed by atoms with Crippen molar-refractivity contribution in [2.75, 3.05) is 0 Å². The molecule has 0 saturated carbocycles. The second-order valence-electron chi connectivity index (χ2n) is 2.34. The van der Waals surface area contributed by atoms with Gasteiger partial charge < -0.3 is 4.57 Å². The number of hydrogen-bond acceptors (Lipinski definition) is 3. The van der Waals surface area contributed by atoms with E-state index in [1.165, 1.54) is 17.9 Å². The van der Waals surface area contributed by atoms with Crippen molar-refractivity contribution in [3.8, 4) is 0 Å². The molecule has 2 amide bonds. The van der Waals surface area contributed by atoms with Crippen molar-refractivity contribution in [3.63, 3.8) is 0 Å². The van der Waals surface area contributed by atoms with Crippen molar-refractivity contribution >= 4 is 6.03 Å². The number of carbonyl (C=O) groups is 1. The number of carbonyl (C=O) groups excluding carboxylic acids is 1. The molecule has 0 spiro atoms. The van der Waals surface area contributed by atoms with Gasteiger partial charge in [-0.15, -0.1) is 0 Å². The minimum Gasteiger partial charge on any atom is -0.300 e. The molecule has 6 nitrogen and oxygen atoms in total. The molecule has 1 aliphatic rings. The summed E-state index contributed by atoms with van der Waals surface area (Å²) >= 11 is 0. The number of amides is 2. The molecule has 0 unspecified atom stereocenters.